The van der Waals surface area contributed by atoms with Crippen LogP contribution in [0, 0.1) is 18.3 Å². The van der Waals surface area contributed by atoms with E-state index in [9.17, 15) is 4.79 Å². The van der Waals surface area contributed by atoms with Crippen LogP contribution in [-0.4, -0.2) is 43.0 Å². The Balaban J connectivity index is 2.39. The highest BCUT2D eigenvalue weighted by Crippen LogP contribution is 2.20. The van der Waals surface area contributed by atoms with Crippen molar-refractivity contribution in [3.63, 3.8) is 0 Å². The molecule has 1 saturated heterocycles. The zero-order chi connectivity index (χ0) is 12.0. The quantitative estimate of drug-likeness (QED) is 0.649. The van der Waals surface area contributed by atoms with Crippen molar-refractivity contribution in [3.05, 3.63) is 0 Å². The van der Waals surface area contributed by atoms with Crippen LogP contribution >= 0.6 is 0 Å². The number of terminal acetylenes is 1. The summed E-state index contributed by atoms with van der Waals surface area (Å²) in [5.74, 6) is 2.92. The predicted molar refractivity (Wildman–Crippen MR) is 64.7 cm³/mol. The Bertz CT molecular complexity index is 272. The van der Waals surface area contributed by atoms with Crippen LogP contribution in [0.25, 0.3) is 0 Å². The second kappa shape index (κ2) is 6.51. The third-order valence-electron chi connectivity index (χ3n) is 3.18. The van der Waals surface area contributed by atoms with E-state index in [1.807, 2.05) is 0 Å². The number of nitrogens with zero attached hydrogens (tertiary/aromatic N) is 1. The average molecular weight is 223 g/mol. The molecule has 16 heavy (non-hydrogen) atoms. The van der Waals surface area contributed by atoms with Gasteiger partial charge in [0, 0.05) is 12.6 Å². The molecule has 1 heterocycles. The van der Waals surface area contributed by atoms with Crippen LogP contribution in [0.5, 0.6) is 0 Å². The van der Waals surface area contributed by atoms with Gasteiger partial charge in [0.05, 0.1) is 13.1 Å². The van der Waals surface area contributed by atoms with Crippen LogP contribution in [0.1, 0.15) is 19.8 Å². The smallest absolute Gasteiger partial charge is 0.234 e. The van der Waals surface area contributed by atoms with Gasteiger partial charge in [0.25, 0.3) is 0 Å². The lowest BCUT2D eigenvalue weighted by Crippen LogP contribution is -2.48. The number of hydrogen-bond acceptors (Lipinski definition) is 3. The van der Waals surface area contributed by atoms with Crippen molar-refractivity contribution in [2.45, 2.75) is 25.8 Å². The van der Waals surface area contributed by atoms with Crippen LogP contribution in [-0.2, 0) is 4.79 Å². The molecule has 0 aromatic heterocycles. The van der Waals surface area contributed by atoms with E-state index in [0.717, 1.165) is 13.0 Å². The Morgan fingerprint density at radius 1 is 1.62 bits per heavy atom. The molecule has 4 heteroatoms. The van der Waals surface area contributed by atoms with Crippen LogP contribution in [0.3, 0.4) is 0 Å². The van der Waals surface area contributed by atoms with Crippen LogP contribution in [0.15, 0.2) is 0 Å². The lowest BCUT2D eigenvalue weighted by atomic mass is 9.93. The van der Waals surface area contributed by atoms with Crippen molar-refractivity contribution in [1.82, 2.24) is 10.2 Å². The highest BCUT2D eigenvalue weighted by atomic mass is 16.2. The molecule has 2 atom stereocenters. The van der Waals surface area contributed by atoms with Crippen molar-refractivity contribution in [1.29, 1.82) is 0 Å². The molecule has 3 N–H and O–H groups in total. The number of piperidine rings is 1. The molecule has 0 radical (unpaired) electrons. The molecule has 0 bridgehead atoms. The molecule has 0 saturated carbocycles. The second-order valence-electron chi connectivity index (χ2n) is 4.44. The maximum absolute atomic E-state index is 11.5. The van der Waals surface area contributed by atoms with Crippen molar-refractivity contribution in [2.75, 3.05) is 26.2 Å². The fourth-order valence-electron chi connectivity index (χ4n) is 2.07. The van der Waals surface area contributed by atoms with Gasteiger partial charge >= 0.3 is 0 Å². The number of rotatable bonds is 4. The third-order valence-corrected chi connectivity index (χ3v) is 3.18. The highest BCUT2D eigenvalue weighted by molar-refractivity contribution is 5.78. The molecule has 1 fully saturated rings. The van der Waals surface area contributed by atoms with E-state index in [1.165, 1.54) is 6.42 Å². The maximum Gasteiger partial charge on any atom is 0.234 e. The predicted octanol–water partition coefficient (Wildman–Crippen LogP) is -0.205. The molecule has 1 aliphatic heterocycles. The molecule has 2 unspecified atom stereocenters. The summed E-state index contributed by atoms with van der Waals surface area (Å²) in [5, 5.41) is 2.69. The Morgan fingerprint density at radius 3 is 3.00 bits per heavy atom. The number of carbonyl (C=O) groups is 1. The van der Waals surface area contributed by atoms with Crippen molar-refractivity contribution < 1.29 is 4.79 Å². The number of nitrogens with one attached hydrogen (secondary N) is 1. The van der Waals surface area contributed by atoms with Crippen molar-refractivity contribution in [2.24, 2.45) is 11.7 Å². The monoisotopic (exact) mass is 223 g/mol. The SMILES string of the molecule is C#CCNC(=O)CN1CC(CN)CCC1C. The topological polar surface area (TPSA) is 58.4 Å². The van der Waals surface area contributed by atoms with E-state index in [0.29, 0.717) is 31.6 Å². The summed E-state index contributed by atoms with van der Waals surface area (Å²) in [6.07, 6.45) is 7.37. The van der Waals surface area contributed by atoms with Gasteiger partial charge in [-0.3, -0.25) is 9.69 Å². The minimum absolute atomic E-state index is 0.00229. The van der Waals surface area contributed by atoms with Gasteiger partial charge in [-0.2, -0.15) is 0 Å². The van der Waals surface area contributed by atoms with E-state index in [-0.39, 0.29) is 5.91 Å². The lowest BCUT2D eigenvalue weighted by molar-refractivity contribution is -0.123. The zero-order valence-corrected chi connectivity index (χ0v) is 9.91. The largest absolute Gasteiger partial charge is 0.344 e. The third kappa shape index (κ3) is 3.84. The van der Waals surface area contributed by atoms with Crippen LogP contribution < -0.4 is 11.1 Å². The maximum atomic E-state index is 11.5. The number of nitrogens with two attached hydrogens (primary N) is 1. The van der Waals surface area contributed by atoms with E-state index in [1.54, 1.807) is 0 Å². The first-order chi connectivity index (χ1) is 7.67. The van der Waals surface area contributed by atoms with E-state index in [4.69, 9.17) is 12.2 Å². The molecule has 1 amide bonds. The number of amides is 1. The molecule has 1 aliphatic rings. The second-order valence-corrected chi connectivity index (χ2v) is 4.44. The van der Waals surface area contributed by atoms with Gasteiger partial charge in [-0.05, 0) is 32.2 Å². The normalized spacial score (nSPS) is 26.1. The summed E-state index contributed by atoms with van der Waals surface area (Å²) >= 11 is 0. The first-order valence-electron chi connectivity index (χ1n) is 5.81. The molecular formula is C12H21N3O. The summed E-state index contributed by atoms with van der Waals surface area (Å²) in [4.78, 5) is 13.7. The average Bonchev–Trinajstić information content (AvgIpc) is 2.29. The van der Waals surface area contributed by atoms with Crippen LogP contribution in [0.4, 0.5) is 0 Å². The number of carbonyl (C=O) groups excluding carboxylic acids is 1. The van der Waals surface area contributed by atoms with Gasteiger partial charge in [-0.15, -0.1) is 6.42 Å². The zero-order valence-electron chi connectivity index (χ0n) is 9.91. The first-order valence-corrected chi connectivity index (χ1v) is 5.81. The summed E-state index contributed by atoms with van der Waals surface area (Å²) < 4.78 is 0. The molecule has 1 rings (SSSR count). The fraction of sp³-hybridized carbons (Fsp3) is 0.750. The standard InChI is InChI=1S/C12H21N3O/c1-3-6-14-12(16)9-15-8-11(7-13)5-4-10(15)2/h1,10-11H,4-9,13H2,2H3,(H,14,16). The summed E-state index contributed by atoms with van der Waals surface area (Å²) in [5.41, 5.74) is 5.67. The van der Waals surface area contributed by atoms with E-state index >= 15 is 0 Å². The molecule has 4 nitrogen and oxygen atoms in total. The van der Waals surface area contributed by atoms with Gasteiger partial charge in [0.1, 0.15) is 0 Å². The Hall–Kier alpha value is -1.05. The van der Waals surface area contributed by atoms with Gasteiger partial charge < -0.3 is 11.1 Å². The highest BCUT2D eigenvalue weighted by Gasteiger charge is 2.25. The first kappa shape index (κ1) is 13.0. The Kier molecular flexibility index (Phi) is 5.30. The molecule has 90 valence electrons. The molecule has 0 aromatic carbocycles. The minimum atomic E-state index is 0.00229. The van der Waals surface area contributed by atoms with E-state index < -0.39 is 0 Å². The van der Waals surface area contributed by atoms with Crippen LogP contribution in [0.2, 0.25) is 0 Å². The molecule has 0 aliphatic carbocycles. The van der Waals surface area contributed by atoms with E-state index in [2.05, 4.69) is 23.1 Å². The van der Waals surface area contributed by atoms with Gasteiger partial charge in [-0.25, -0.2) is 0 Å². The summed E-state index contributed by atoms with van der Waals surface area (Å²) in [6.45, 7) is 4.51. The minimum Gasteiger partial charge on any atom is -0.344 e. The molecular weight excluding hydrogens is 202 g/mol. The van der Waals surface area contributed by atoms with Gasteiger partial charge in [0.15, 0.2) is 0 Å². The summed E-state index contributed by atoms with van der Waals surface area (Å²) in [6, 6.07) is 0.458. The van der Waals surface area contributed by atoms with Gasteiger partial charge in [0.2, 0.25) is 5.91 Å². The van der Waals surface area contributed by atoms with Crippen molar-refractivity contribution in [3.8, 4) is 12.3 Å². The van der Waals surface area contributed by atoms with Crippen molar-refractivity contribution >= 4 is 5.91 Å². The Labute approximate surface area is 97.6 Å². The molecule has 0 spiro atoms. The number of hydrogen-bond donors (Lipinski definition) is 2. The fourth-order valence-corrected chi connectivity index (χ4v) is 2.07. The lowest BCUT2D eigenvalue weighted by Gasteiger charge is -2.37. The van der Waals surface area contributed by atoms with Gasteiger partial charge in [-0.1, -0.05) is 5.92 Å². The number of likely N-dealkylation sites (tertiary alicyclic amines) is 1. The summed E-state index contributed by atoms with van der Waals surface area (Å²) in [7, 11) is 0. The Morgan fingerprint density at radius 2 is 2.38 bits per heavy atom. The molecule has 0 aromatic rings.